The van der Waals surface area contributed by atoms with Gasteiger partial charge in [-0.3, -0.25) is 19.6 Å². The van der Waals surface area contributed by atoms with Crippen molar-refractivity contribution in [3.63, 3.8) is 0 Å². The second-order valence-corrected chi connectivity index (χ2v) is 5.12. The maximum atomic E-state index is 11.9. The molecule has 1 aliphatic heterocycles. The quantitative estimate of drug-likeness (QED) is 0.646. The number of carbonyl (C=O) groups is 3. The van der Waals surface area contributed by atoms with Gasteiger partial charge in [-0.1, -0.05) is 0 Å². The molecule has 0 saturated carbocycles. The van der Waals surface area contributed by atoms with Crippen molar-refractivity contribution in [2.45, 2.75) is 32.4 Å². The Morgan fingerprint density at radius 1 is 1.45 bits per heavy atom. The topological polar surface area (TPSA) is 107 Å². The summed E-state index contributed by atoms with van der Waals surface area (Å²) < 4.78 is 0. The van der Waals surface area contributed by atoms with Gasteiger partial charge in [-0.05, 0) is 19.9 Å². The van der Waals surface area contributed by atoms with Crippen LogP contribution in [0.3, 0.4) is 0 Å². The SMILES string of the molecule is CC1(C)NC(=O)N(CCC(=O)NCc2ccn[nH]2)C1=O. The van der Waals surface area contributed by atoms with Gasteiger partial charge in [-0.2, -0.15) is 5.10 Å². The number of nitrogens with one attached hydrogen (secondary N) is 3. The Morgan fingerprint density at radius 3 is 2.75 bits per heavy atom. The second kappa shape index (κ2) is 5.32. The highest BCUT2D eigenvalue weighted by Crippen LogP contribution is 2.16. The van der Waals surface area contributed by atoms with Gasteiger partial charge in [0.1, 0.15) is 5.54 Å². The number of hydrogen-bond acceptors (Lipinski definition) is 4. The lowest BCUT2D eigenvalue weighted by Gasteiger charge is -2.15. The van der Waals surface area contributed by atoms with Crippen LogP contribution < -0.4 is 10.6 Å². The lowest BCUT2D eigenvalue weighted by atomic mass is 10.1. The van der Waals surface area contributed by atoms with Gasteiger partial charge in [0.15, 0.2) is 0 Å². The van der Waals surface area contributed by atoms with E-state index in [1.807, 2.05) is 0 Å². The molecule has 2 rings (SSSR count). The van der Waals surface area contributed by atoms with Crippen LogP contribution in [0.15, 0.2) is 12.3 Å². The van der Waals surface area contributed by atoms with E-state index in [-0.39, 0.29) is 24.8 Å². The first-order valence-corrected chi connectivity index (χ1v) is 6.29. The molecule has 1 aliphatic rings. The normalized spacial score (nSPS) is 17.2. The molecule has 1 aromatic heterocycles. The predicted octanol–water partition coefficient (Wildman–Crippen LogP) is -0.254. The minimum atomic E-state index is -0.899. The third-order valence-electron chi connectivity index (χ3n) is 3.04. The Labute approximate surface area is 115 Å². The van der Waals surface area contributed by atoms with Crippen LogP contribution in [0.4, 0.5) is 4.79 Å². The van der Waals surface area contributed by atoms with Gasteiger partial charge in [0.2, 0.25) is 5.91 Å². The van der Waals surface area contributed by atoms with Gasteiger partial charge in [0.05, 0.1) is 12.2 Å². The lowest BCUT2D eigenvalue weighted by Crippen LogP contribution is -2.40. The van der Waals surface area contributed by atoms with E-state index in [4.69, 9.17) is 0 Å². The number of amides is 4. The summed E-state index contributed by atoms with van der Waals surface area (Å²) in [7, 11) is 0. The highest BCUT2D eigenvalue weighted by molar-refractivity contribution is 6.06. The monoisotopic (exact) mass is 279 g/mol. The Morgan fingerprint density at radius 2 is 2.20 bits per heavy atom. The van der Waals surface area contributed by atoms with Crippen LogP contribution in [-0.4, -0.2) is 45.0 Å². The molecule has 8 heteroatoms. The van der Waals surface area contributed by atoms with Gasteiger partial charge in [-0.25, -0.2) is 4.79 Å². The largest absolute Gasteiger partial charge is 0.350 e. The Bertz CT molecular complexity index is 523. The summed E-state index contributed by atoms with van der Waals surface area (Å²) in [6, 6.07) is 1.29. The van der Waals surface area contributed by atoms with Gasteiger partial charge in [-0.15, -0.1) is 0 Å². The first kappa shape index (κ1) is 14.0. The average molecular weight is 279 g/mol. The van der Waals surface area contributed by atoms with Crippen molar-refractivity contribution in [2.75, 3.05) is 6.54 Å². The lowest BCUT2D eigenvalue weighted by molar-refractivity contribution is -0.130. The molecule has 0 unspecified atom stereocenters. The summed E-state index contributed by atoms with van der Waals surface area (Å²) >= 11 is 0. The molecule has 0 radical (unpaired) electrons. The number of nitrogens with zero attached hydrogens (tertiary/aromatic N) is 2. The fraction of sp³-hybridized carbons (Fsp3) is 0.500. The number of aromatic nitrogens is 2. The van der Waals surface area contributed by atoms with Crippen LogP contribution in [0.25, 0.3) is 0 Å². The van der Waals surface area contributed by atoms with Crippen LogP contribution >= 0.6 is 0 Å². The molecule has 3 N–H and O–H groups in total. The van der Waals surface area contributed by atoms with Crippen molar-refractivity contribution in [1.82, 2.24) is 25.7 Å². The number of rotatable bonds is 5. The molecule has 20 heavy (non-hydrogen) atoms. The number of aromatic amines is 1. The van der Waals surface area contributed by atoms with E-state index in [0.717, 1.165) is 10.6 Å². The van der Waals surface area contributed by atoms with Crippen LogP contribution in [0, 0.1) is 0 Å². The molecule has 8 nitrogen and oxygen atoms in total. The molecule has 1 aromatic rings. The Hall–Kier alpha value is -2.38. The van der Waals surface area contributed by atoms with Crippen LogP contribution in [0.1, 0.15) is 26.0 Å². The molecule has 0 bridgehead atoms. The van der Waals surface area contributed by atoms with E-state index in [2.05, 4.69) is 20.8 Å². The first-order chi connectivity index (χ1) is 9.40. The highest BCUT2D eigenvalue weighted by atomic mass is 16.2. The number of imide groups is 1. The molecule has 0 atom stereocenters. The predicted molar refractivity (Wildman–Crippen MR) is 69.4 cm³/mol. The summed E-state index contributed by atoms with van der Waals surface area (Å²) in [6.45, 7) is 3.67. The Balaban J connectivity index is 1.79. The van der Waals surface area contributed by atoms with Gasteiger partial charge in [0.25, 0.3) is 5.91 Å². The number of carbonyl (C=O) groups excluding carboxylic acids is 3. The highest BCUT2D eigenvalue weighted by Gasteiger charge is 2.43. The van der Waals surface area contributed by atoms with Crippen molar-refractivity contribution in [3.05, 3.63) is 18.0 Å². The van der Waals surface area contributed by atoms with Crippen molar-refractivity contribution in [3.8, 4) is 0 Å². The second-order valence-electron chi connectivity index (χ2n) is 5.12. The van der Waals surface area contributed by atoms with Crippen molar-refractivity contribution >= 4 is 17.8 Å². The zero-order chi connectivity index (χ0) is 14.8. The summed E-state index contributed by atoms with van der Waals surface area (Å²) in [6.07, 6.45) is 1.67. The zero-order valence-corrected chi connectivity index (χ0v) is 11.4. The molecular weight excluding hydrogens is 262 g/mol. The average Bonchev–Trinajstić information content (AvgIpc) is 2.94. The molecule has 0 spiro atoms. The third kappa shape index (κ3) is 2.95. The van der Waals surface area contributed by atoms with Crippen LogP contribution in [0.2, 0.25) is 0 Å². The fourth-order valence-electron chi connectivity index (χ4n) is 1.90. The van der Waals surface area contributed by atoms with Crippen LogP contribution in [0.5, 0.6) is 0 Å². The van der Waals surface area contributed by atoms with E-state index in [0.29, 0.717) is 6.54 Å². The van der Waals surface area contributed by atoms with Gasteiger partial charge in [0, 0.05) is 19.2 Å². The van der Waals surface area contributed by atoms with E-state index >= 15 is 0 Å². The maximum absolute atomic E-state index is 11.9. The fourth-order valence-corrected chi connectivity index (χ4v) is 1.90. The number of hydrogen-bond donors (Lipinski definition) is 3. The summed E-state index contributed by atoms with van der Waals surface area (Å²) in [4.78, 5) is 36.2. The number of urea groups is 1. The van der Waals surface area contributed by atoms with Gasteiger partial charge >= 0.3 is 6.03 Å². The van der Waals surface area contributed by atoms with Crippen molar-refractivity contribution < 1.29 is 14.4 Å². The minimum Gasteiger partial charge on any atom is -0.350 e. The molecule has 0 aromatic carbocycles. The van der Waals surface area contributed by atoms with E-state index in [1.54, 1.807) is 26.1 Å². The summed E-state index contributed by atoms with van der Waals surface area (Å²) in [5, 5.41) is 11.7. The molecule has 0 aliphatic carbocycles. The van der Waals surface area contributed by atoms with E-state index < -0.39 is 11.6 Å². The summed E-state index contributed by atoms with van der Waals surface area (Å²) in [5.74, 6) is -0.547. The third-order valence-corrected chi connectivity index (χ3v) is 3.04. The van der Waals surface area contributed by atoms with E-state index in [9.17, 15) is 14.4 Å². The summed E-state index contributed by atoms with van der Waals surface area (Å²) in [5.41, 5.74) is -0.113. The molecule has 4 amide bonds. The first-order valence-electron chi connectivity index (χ1n) is 6.29. The van der Waals surface area contributed by atoms with Crippen molar-refractivity contribution in [1.29, 1.82) is 0 Å². The van der Waals surface area contributed by atoms with Crippen LogP contribution in [-0.2, 0) is 16.1 Å². The minimum absolute atomic E-state index is 0.0723. The molecule has 1 fully saturated rings. The number of H-pyrrole nitrogens is 1. The molecular formula is C12H17N5O3. The molecule has 2 heterocycles. The Kier molecular flexibility index (Phi) is 3.73. The van der Waals surface area contributed by atoms with E-state index in [1.165, 1.54) is 0 Å². The standard InChI is InChI=1S/C12H17N5O3/c1-12(2)10(19)17(11(20)15-12)6-4-9(18)13-7-8-3-5-14-16-8/h3,5H,4,6-7H2,1-2H3,(H,13,18)(H,14,16)(H,15,20). The zero-order valence-electron chi connectivity index (χ0n) is 11.4. The molecule has 108 valence electrons. The maximum Gasteiger partial charge on any atom is 0.325 e. The molecule has 1 saturated heterocycles. The van der Waals surface area contributed by atoms with Crippen molar-refractivity contribution in [2.24, 2.45) is 0 Å². The smallest absolute Gasteiger partial charge is 0.325 e. The van der Waals surface area contributed by atoms with Gasteiger partial charge < -0.3 is 10.6 Å².